The fourth-order valence-electron chi connectivity index (χ4n) is 3.79. The number of benzene rings is 1. The second kappa shape index (κ2) is 12.0. The molecule has 1 aromatic rings. The molecule has 0 bridgehead atoms. The summed E-state index contributed by atoms with van der Waals surface area (Å²) in [5.74, 6) is 0. The predicted molar refractivity (Wildman–Crippen MR) is 118 cm³/mol. The maximum Gasteiger partial charge on any atom is 0.144 e. The first-order valence-corrected chi connectivity index (χ1v) is 10.9. The van der Waals surface area contributed by atoms with Gasteiger partial charge >= 0.3 is 0 Å². The molecule has 1 aromatic carbocycles. The zero-order valence-corrected chi connectivity index (χ0v) is 18.1. The molecule has 4 nitrogen and oxygen atoms in total. The Morgan fingerprint density at radius 1 is 1.00 bits per heavy atom. The highest BCUT2D eigenvalue weighted by atomic mass is 16.6. The summed E-state index contributed by atoms with van der Waals surface area (Å²) in [5, 5.41) is 14.9. The topological polar surface area (TPSA) is 45.1 Å². The molecule has 1 aliphatic rings. The number of rotatable bonds is 8. The van der Waals surface area contributed by atoms with E-state index in [0.717, 1.165) is 25.0 Å². The highest BCUT2D eigenvalue weighted by molar-refractivity contribution is 6.03. The van der Waals surface area contributed by atoms with Crippen molar-refractivity contribution in [3.63, 3.8) is 0 Å². The van der Waals surface area contributed by atoms with Gasteiger partial charge in [0.25, 0.3) is 0 Å². The molecule has 28 heavy (non-hydrogen) atoms. The fraction of sp³-hybridized carbons (Fsp3) is 0.625. The summed E-state index contributed by atoms with van der Waals surface area (Å²) in [6.07, 6.45) is 8.54. The quantitative estimate of drug-likeness (QED) is 0.619. The number of allylic oxidation sites excluding steroid dienone is 1. The third kappa shape index (κ3) is 7.76. The van der Waals surface area contributed by atoms with Gasteiger partial charge in [-0.15, -0.1) is 0 Å². The zero-order chi connectivity index (χ0) is 20.4. The van der Waals surface area contributed by atoms with Crippen LogP contribution in [0.4, 0.5) is 0 Å². The van der Waals surface area contributed by atoms with Gasteiger partial charge in [0, 0.05) is 18.6 Å². The number of nitrogens with zero attached hydrogens (tertiary/aromatic N) is 2. The van der Waals surface area contributed by atoms with Crippen LogP contribution in [0.2, 0.25) is 0 Å². The van der Waals surface area contributed by atoms with E-state index >= 15 is 0 Å². The van der Waals surface area contributed by atoms with Crippen molar-refractivity contribution in [2.45, 2.75) is 84.4 Å². The van der Waals surface area contributed by atoms with Crippen LogP contribution in [0.25, 0.3) is 6.08 Å². The van der Waals surface area contributed by atoms with Crippen molar-refractivity contribution in [1.82, 2.24) is 4.90 Å². The molecular weight excluding hydrogens is 348 g/mol. The molecule has 0 saturated heterocycles. The van der Waals surface area contributed by atoms with Crippen molar-refractivity contribution >= 4 is 11.8 Å². The molecular formula is C24H38N2O2. The highest BCUT2D eigenvalue weighted by Gasteiger charge is 2.18. The minimum atomic E-state index is -0.538. The van der Waals surface area contributed by atoms with Crippen LogP contribution in [0, 0.1) is 0 Å². The van der Waals surface area contributed by atoms with Crippen LogP contribution in [-0.4, -0.2) is 47.1 Å². The minimum Gasteiger partial charge on any atom is -0.393 e. The SMILES string of the molecule is CC(C)N(CC(O)CO/N=C1\CCCCCC\C1=C\c1ccccc1)C(C)C. The monoisotopic (exact) mass is 386 g/mol. The van der Waals surface area contributed by atoms with Gasteiger partial charge in [-0.05, 0) is 70.6 Å². The molecule has 1 N–H and O–H groups in total. The maximum atomic E-state index is 10.4. The number of hydrogen-bond donors (Lipinski definition) is 1. The Balaban J connectivity index is 2.02. The number of oxime groups is 1. The molecule has 0 spiro atoms. The largest absolute Gasteiger partial charge is 0.393 e. The molecule has 4 heteroatoms. The summed E-state index contributed by atoms with van der Waals surface area (Å²) in [5.41, 5.74) is 3.52. The van der Waals surface area contributed by atoms with Crippen molar-refractivity contribution < 1.29 is 9.94 Å². The molecule has 0 amide bonds. The van der Waals surface area contributed by atoms with Gasteiger partial charge in [-0.1, -0.05) is 48.3 Å². The minimum absolute atomic E-state index is 0.234. The second-order valence-electron chi connectivity index (χ2n) is 8.37. The molecule has 1 fully saturated rings. The van der Waals surface area contributed by atoms with E-state index in [1.807, 2.05) is 6.07 Å². The number of hydrogen-bond acceptors (Lipinski definition) is 4. The Kier molecular flexibility index (Phi) is 9.72. The first kappa shape index (κ1) is 22.6. The lowest BCUT2D eigenvalue weighted by atomic mass is 9.93. The van der Waals surface area contributed by atoms with E-state index in [2.05, 4.69) is 68.1 Å². The van der Waals surface area contributed by atoms with E-state index in [-0.39, 0.29) is 6.61 Å². The Morgan fingerprint density at radius 3 is 2.29 bits per heavy atom. The summed E-state index contributed by atoms with van der Waals surface area (Å²) in [4.78, 5) is 7.91. The lowest BCUT2D eigenvalue weighted by Crippen LogP contribution is -2.43. The lowest BCUT2D eigenvalue weighted by Gasteiger charge is -2.32. The Bertz CT molecular complexity index is 615. The van der Waals surface area contributed by atoms with E-state index in [4.69, 9.17) is 4.84 Å². The van der Waals surface area contributed by atoms with Crippen LogP contribution in [0.3, 0.4) is 0 Å². The van der Waals surface area contributed by atoms with Crippen molar-refractivity contribution in [2.24, 2.45) is 5.16 Å². The number of aliphatic hydroxyl groups is 1. The summed E-state index contributed by atoms with van der Waals surface area (Å²) in [6.45, 7) is 9.46. The van der Waals surface area contributed by atoms with Crippen LogP contribution < -0.4 is 0 Å². The molecule has 156 valence electrons. The van der Waals surface area contributed by atoms with E-state index < -0.39 is 6.10 Å². The Labute approximate surface area is 171 Å². The molecule has 1 saturated carbocycles. The zero-order valence-electron chi connectivity index (χ0n) is 18.1. The standard InChI is InChI=1S/C24H38N2O2/c1-19(2)26(20(3)4)17-23(27)18-28-25-24-15-11-6-5-10-14-22(24)16-21-12-8-7-9-13-21/h7-9,12-13,16,19-20,23,27H,5-6,10-11,14-15,17-18H2,1-4H3/b22-16-,25-24+. The van der Waals surface area contributed by atoms with E-state index in [0.29, 0.717) is 18.6 Å². The van der Waals surface area contributed by atoms with E-state index in [1.54, 1.807) is 0 Å². The third-order valence-electron chi connectivity index (χ3n) is 5.31. The van der Waals surface area contributed by atoms with Gasteiger partial charge in [0.15, 0.2) is 0 Å². The first-order valence-electron chi connectivity index (χ1n) is 10.9. The smallest absolute Gasteiger partial charge is 0.144 e. The normalized spacial score (nSPS) is 20.0. The van der Waals surface area contributed by atoms with Crippen LogP contribution in [-0.2, 0) is 4.84 Å². The van der Waals surface area contributed by atoms with Crippen molar-refractivity contribution in [2.75, 3.05) is 13.2 Å². The van der Waals surface area contributed by atoms with Crippen LogP contribution in [0.15, 0.2) is 41.1 Å². The molecule has 2 rings (SSSR count). The van der Waals surface area contributed by atoms with Crippen LogP contribution >= 0.6 is 0 Å². The van der Waals surface area contributed by atoms with Crippen LogP contribution in [0.1, 0.15) is 71.8 Å². The average molecular weight is 387 g/mol. The van der Waals surface area contributed by atoms with Gasteiger partial charge in [-0.25, -0.2) is 0 Å². The first-order chi connectivity index (χ1) is 13.5. The molecule has 0 aromatic heterocycles. The van der Waals surface area contributed by atoms with Crippen molar-refractivity contribution in [3.05, 3.63) is 41.5 Å². The molecule has 0 radical (unpaired) electrons. The predicted octanol–water partition coefficient (Wildman–Crippen LogP) is 5.28. The van der Waals surface area contributed by atoms with Crippen LogP contribution in [0.5, 0.6) is 0 Å². The van der Waals surface area contributed by atoms with Gasteiger partial charge in [-0.2, -0.15) is 0 Å². The summed E-state index contributed by atoms with van der Waals surface area (Å²) < 4.78 is 0. The third-order valence-corrected chi connectivity index (χ3v) is 5.31. The molecule has 0 heterocycles. The highest BCUT2D eigenvalue weighted by Crippen LogP contribution is 2.22. The molecule has 1 aliphatic carbocycles. The van der Waals surface area contributed by atoms with Gasteiger partial charge in [0.1, 0.15) is 12.7 Å². The van der Waals surface area contributed by atoms with Gasteiger partial charge < -0.3 is 9.94 Å². The van der Waals surface area contributed by atoms with Crippen molar-refractivity contribution in [1.29, 1.82) is 0 Å². The Morgan fingerprint density at radius 2 is 1.64 bits per heavy atom. The van der Waals surface area contributed by atoms with Crippen molar-refractivity contribution in [3.8, 4) is 0 Å². The summed E-state index contributed by atoms with van der Waals surface area (Å²) in [7, 11) is 0. The average Bonchev–Trinajstić information content (AvgIpc) is 2.64. The van der Waals surface area contributed by atoms with E-state index in [9.17, 15) is 5.11 Å². The molecule has 1 unspecified atom stereocenters. The summed E-state index contributed by atoms with van der Waals surface area (Å²) in [6, 6.07) is 11.2. The number of aliphatic hydroxyl groups excluding tert-OH is 1. The van der Waals surface area contributed by atoms with E-state index in [1.165, 1.54) is 30.4 Å². The lowest BCUT2D eigenvalue weighted by molar-refractivity contribution is 0.00581. The van der Waals surface area contributed by atoms with Gasteiger partial charge in [0.05, 0.1) is 5.71 Å². The van der Waals surface area contributed by atoms with Gasteiger partial charge in [-0.3, -0.25) is 4.90 Å². The second-order valence-corrected chi connectivity index (χ2v) is 8.37. The Hall–Kier alpha value is -1.65. The molecule has 1 atom stereocenters. The summed E-state index contributed by atoms with van der Waals surface area (Å²) >= 11 is 0. The molecule has 0 aliphatic heterocycles. The maximum absolute atomic E-state index is 10.4. The fourth-order valence-corrected chi connectivity index (χ4v) is 3.79. The van der Waals surface area contributed by atoms with Gasteiger partial charge in [0.2, 0.25) is 0 Å².